The fraction of sp³-hybridized carbons (Fsp3) is 0.500. The van der Waals surface area contributed by atoms with Gasteiger partial charge in [0.1, 0.15) is 12.1 Å². The molecule has 0 radical (unpaired) electrons. The van der Waals surface area contributed by atoms with E-state index in [4.69, 9.17) is 14.7 Å². The van der Waals surface area contributed by atoms with Crippen LogP contribution < -0.4 is 21.2 Å². The van der Waals surface area contributed by atoms with Crippen molar-refractivity contribution in [3.8, 4) is 0 Å². The number of aliphatic hydroxyl groups is 1. The second-order valence-corrected chi connectivity index (χ2v) is 14.8. The van der Waals surface area contributed by atoms with Crippen LogP contribution in [0.15, 0.2) is 65.8 Å². The van der Waals surface area contributed by atoms with Crippen molar-refractivity contribution in [2.75, 3.05) is 13.1 Å². The molecule has 2 rings (SSSR count). The fourth-order valence-corrected chi connectivity index (χ4v) is 8.82. The highest BCUT2D eigenvalue weighted by Crippen LogP contribution is 2.38. The molecule has 0 bridgehead atoms. The zero-order valence-corrected chi connectivity index (χ0v) is 22.2. The molecule has 7 nitrogen and oxygen atoms in total. The second kappa shape index (κ2) is 11.7. The van der Waals surface area contributed by atoms with Crippen LogP contribution in [0.4, 0.5) is 4.79 Å². The van der Waals surface area contributed by atoms with Gasteiger partial charge in [-0.2, -0.15) is 5.53 Å². The number of nitrogens with one attached hydrogen (secondary N) is 1. The number of amides is 1. The summed E-state index contributed by atoms with van der Waals surface area (Å²) >= 11 is 0. The van der Waals surface area contributed by atoms with Crippen molar-refractivity contribution in [3.63, 3.8) is 0 Å². The van der Waals surface area contributed by atoms with Crippen LogP contribution >= 0.6 is 0 Å². The Balaban J connectivity index is 2.50. The lowest BCUT2D eigenvalue weighted by Crippen LogP contribution is -2.68. The van der Waals surface area contributed by atoms with E-state index in [0.29, 0.717) is 0 Å². The summed E-state index contributed by atoms with van der Waals surface area (Å²) in [7, 11) is -2.89. The highest BCUT2D eigenvalue weighted by Gasteiger charge is 2.51. The molecule has 2 unspecified atom stereocenters. The summed E-state index contributed by atoms with van der Waals surface area (Å²) < 4.78 is 12.5. The van der Waals surface area contributed by atoms with Gasteiger partial charge in [-0.25, -0.2) is 4.79 Å². The largest absolute Gasteiger partial charge is 0.444 e. The third-order valence-corrected chi connectivity index (χ3v) is 10.6. The molecule has 2 aromatic rings. The molecule has 1 amide bonds. The Labute approximate surface area is 204 Å². The van der Waals surface area contributed by atoms with E-state index >= 15 is 0 Å². The number of hydrogen-bond donors (Lipinski definition) is 3. The first-order valence-corrected chi connectivity index (χ1v) is 13.6. The van der Waals surface area contributed by atoms with E-state index in [2.05, 4.69) is 55.5 Å². The average molecular weight is 487 g/mol. The highest BCUT2D eigenvalue weighted by molar-refractivity contribution is 6.99. The van der Waals surface area contributed by atoms with Crippen LogP contribution in [0, 0.1) is 0 Å². The molecular weight excluding hydrogens is 446 g/mol. The Kier molecular flexibility index (Phi) is 9.55. The fourth-order valence-electron chi connectivity index (χ4n) is 4.13. The number of ether oxygens (including phenoxy) is 1. The topological polar surface area (TPSA) is 106 Å². The van der Waals surface area contributed by atoms with Crippen LogP contribution in [0.3, 0.4) is 0 Å². The average Bonchev–Trinajstić information content (AvgIpc) is 2.75. The van der Waals surface area contributed by atoms with Gasteiger partial charge in [0.15, 0.2) is 0 Å². The van der Waals surface area contributed by atoms with Gasteiger partial charge in [0, 0.05) is 13.0 Å². The monoisotopic (exact) mass is 486 g/mol. The van der Waals surface area contributed by atoms with Crippen LogP contribution in [-0.4, -0.2) is 50.4 Å². The zero-order valence-electron chi connectivity index (χ0n) is 21.2. The quantitative estimate of drug-likeness (QED) is 0.354. The molecular formula is C26H40N3O4Si+. The Morgan fingerprint density at radius 3 is 1.91 bits per heavy atom. The molecule has 0 saturated carbocycles. The molecule has 0 heterocycles. The molecule has 4 N–H and O–H groups in total. The first-order chi connectivity index (χ1) is 15.9. The molecule has 2 atom stereocenters. The van der Waals surface area contributed by atoms with Crippen molar-refractivity contribution in [3.05, 3.63) is 60.7 Å². The molecule has 8 heteroatoms. The van der Waals surface area contributed by atoms with Crippen molar-refractivity contribution >= 4 is 24.8 Å². The predicted molar refractivity (Wildman–Crippen MR) is 137 cm³/mol. The van der Waals surface area contributed by atoms with Crippen molar-refractivity contribution in [2.24, 2.45) is 5.11 Å². The Morgan fingerprint density at radius 2 is 1.50 bits per heavy atom. The van der Waals surface area contributed by atoms with Crippen LogP contribution in [0.2, 0.25) is 5.04 Å². The first-order valence-electron chi connectivity index (χ1n) is 11.7. The summed E-state index contributed by atoms with van der Waals surface area (Å²) in [4.78, 5) is 12.4. The Hall–Kier alpha value is -2.55. The minimum Gasteiger partial charge on any atom is -0.444 e. The Bertz CT molecular complexity index is 872. The third kappa shape index (κ3) is 7.48. The van der Waals surface area contributed by atoms with Gasteiger partial charge in [-0.3, -0.25) is 0 Å². The number of nitrogens with zero attached hydrogens (tertiary/aromatic N) is 1. The van der Waals surface area contributed by atoms with Crippen LogP contribution in [0.5, 0.6) is 0 Å². The summed E-state index contributed by atoms with van der Waals surface area (Å²) in [5, 5.41) is 18.9. The van der Waals surface area contributed by atoms with E-state index < -0.39 is 32.2 Å². The summed E-state index contributed by atoms with van der Waals surface area (Å²) in [5.41, 5.74) is 4.70. The number of hydrogen-bond acceptors (Lipinski definition) is 5. The Morgan fingerprint density at radius 1 is 1.00 bits per heavy atom. The van der Waals surface area contributed by atoms with Gasteiger partial charge < -0.3 is 19.6 Å². The predicted octanol–water partition coefficient (Wildman–Crippen LogP) is 2.42. The summed E-state index contributed by atoms with van der Waals surface area (Å²) in [6.07, 6.45) is -1.55. The standard InChI is InChI=1S/C26H39N3O4Si/c1-25(2,3)32-24(31)28-19-21(17-20(30)18-29-27)33-34(26(4,5)6,22-13-9-7-10-14-22)23-15-11-8-12-16-23/h7-16,20-21,27,30H,17-19H2,1-6H3,(H,28,31)/p+1. The summed E-state index contributed by atoms with van der Waals surface area (Å²) in [6, 6.07) is 20.5. The molecule has 0 saturated heterocycles. The molecule has 0 aliphatic heterocycles. The molecule has 0 aromatic heterocycles. The first kappa shape index (κ1) is 27.7. The van der Waals surface area contributed by atoms with Gasteiger partial charge in [-0.05, 0) is 41.3 Å². The SMILES string of the molecule is CC(C)(C)OC(=O)NCC(CC(O)CN=[NH2+])O[Si](c1ccccc1)(c1ccccc1)C(C)(C)C. The molecule has 34 heavy (non-hydrogen) atoms. The van der Waals surface area contributed by atoms with Gasteiger partial charge in [0.05, 0.1) is 12.2 Å². The van der Waals surface area contributed by atoms with E-state index in [9.17, 15) is 9.90 Å². The van der Waals surface area contributed by atoms with Crippen LogP contribution in [0.1, 0.15) is 48.0 Å². The maximum atomic E-state index is 12.4. The van der Waals surface area contributed by atoms with Crippen molar-refractivity contribution < 1.29 is 24.6 Å². The summed E-state index contributed by atoms with van der Waals surface area (Å²) in [6.45, 7) is 12.3. The smallest absolute Gasteiger partial charge is 0.407 e. The number of carbonyl (C=O) groups is 1. The van der Waals surface area contributed by atoms with Crippen molar-refractivity contribution in [2.45, 2.75) is 70.8 Å². The lowest BCUT2D eigenvalue weighted by Gasteiger charge is -2.45. The maximum Gasteiger partial charge on any atom is 0.407 e. The van der Waals surface area contributed by atoms with Gasteiger partial charge in [-0.1, -0.05) is 81.4 Å². The molecule has 0 aliphatic carbocycles. The number of carbonyl (C=O) groups excluding carboxylic acids is 1. The van der Waals surface area contributed by atoms with Crippen molar-refractivity contribution in [1.29, 1.82) is 0 Å². The minimum atomic E-state index is -2.89. The van der Waals surface area contributed by atoms with Crippen LogP contribution in [-0.2, 0) is 9.16 Å². The molecule has 186 valence electrons. The van der Waals surface area contributed by atoms with E-state index in [1.807, 2.05) is 57.2 Å². The van der Waals surface area contributed by atoms with E-state index in [-0.39, 0.29) is 24.5 Å². The normalized spacial score (nSPS) is 14.2. The van der Waals surface area contributed by atoms with E-state index in [0.717, 1.165) is 10.4 Å². The highest BCUT2D eigenvalue weighted by atomic mass is 28.4. The lowest BCUT2D eigenvalue weighted by atomic mass is 10.1. The van der Waals surface area contributed by atoms with E-state index in [1.54, 1.807) is 0 Å². The number of aliphatic hydroxyl groups excluding tert-OH is 1. The molecule has 0 spiro atoms. The van der Waals surface area contributed by atoms with Gasteiger partial charge in [-0.15, -0.1) is 0 Å². The van der Waals surface area contributed by atoms with Crippen molar-refractivity contribution in [1.82, 2.24) is 5.32 Å². The minimum absolute atomic E-state index is 0.0903. The molecule has 0 fully saturated rings. The van der Waals surface area contributed by atoms with Gasteiger partial charge >= 0.3 is 6.09 Å². The summed E-state index contributed by atoms with van der Waals surface area (Å²) in [5.74, 6) is 0. The number of alkyl carbamates (subject to hydrolysis) is 1. The number of nitrogens with two attached hydrogens (primary N) is 1. The van der Waals surface area contributed by atoms with Gasteiger partial charge in [0.25, 0.3) is 8.32 Å². The number of rotatable bonds is 10. The second-order valence-electron chi connectivity index (χ2n) is 10.5. The molecule has 2 aromatic carbocycles. The third-order valence-electron chi connectivity index (χ3n) is 5.48. The maximum absolute atomic E-state index is 12.4. The number of benzene rings is 2. The van der Waals surface area contributed by atoms with Crippen LogP contribution in [0.25, 0.3) is 0 Å². The van der Waals surface area contributed by atoms with E-state index in [1.165, 1.54) is 0 Å². The lowest BCUT2D eigenvalue weighted by molar-refractivity contribution is -0.225. The molecule has 0 aliphatic rings. The zero-order chi connectivity index (χ0) is 25.4. The van der Waals surface area contributed by atoms with Gasteiger partial charge in [0.2, 0.25) is 0 Å².